The van der Waals surface area contributed by atoms with E-state index in [9.17, 15) is 4.79 Å². The van der Waals surface area contributed by atoms with Crippen molar-refractivity contribution in [2.24, 2.45) is 13.0 Å². The van der Waals surface area contributed by atoms with E-state index >= 15 is 0 Å². The molecule has 1 aromatic carbocycles. The van der Waals surface area contributed by atoms with Crippen LogP contribution in [0.2, 0.25) is 0 Å². The van der Waals surface area contributed by atoms with Gasteiger partial charge in [0.05, 0.1) is 17.2 Å². The molecule has 0 saturated heterocycles. The molecular weight excluding hydrogens is 378 g/mol. The smallest absolute Gasteiger partial charge is 0.324 e. The van der Waals surface area contributed by atoms with E-state index in [1.807, 2.05) is 19.1 Å². The third kappa shape index (κ3) is 4.32. The molecule has 1 aliphatic carbocycles. The molecule has 156 valence electrons. The molecule has 0 aliphatic heterocycles. The summed E-state index contributed by atoms with van der Waals surface area (Å²) < 4.78 is 1.47. The first-order chi connectivity index (χ1) is 14.5. The number of aromatic nitrogens is 6. The summed E-state index contributed by atoms with van der Waals surface area (Å²) in [6.45, 7) is 4.33. The Hall–Kier alpha value is -3.29. The highest BCUT2D eigenvalue weighted by Gasteiger charge is 2.09. The zero-order chi connectivity index (χ0) is 21.1. The number of fused-ring (bicyclic) bond motifs is 2. The van der Waals surface area contributed by atoms with Gasteiger partial charge >= 0.3 is 5.69 Å². The van der Waals surface area contributed by atoms with Crippen LogP contribution >= 0.6 is 0 Å². The molecule has 0 bridgehead atoms. The Balaban J connectivity index is 0.000000265. The highest BCUT2D eigenvalue weighted by Crippen LogP contribution is 2.23. The van der Waals surface area contributed by atoms with E-state index in [-0.39, 0.29) is 5.69 Å². The van der Waals surface area contributed by atoms with Crippen LogP contribution in [0.5, 0.6) is 0 Å². The molecule has 8 nitrogen and oxygen atoms in total. The van der Waals surface area contributed by atoms with Crippen molar-refractivity contribution in [2.45, 2.75) is 46.0 Å². The highest BCUT2D eigenvalue weighted by molar-refractivity contribution is 5.81. The molecule has 4 aromatic rings. The standard InChI is InChI=1S/C15H13N7O.C7H14/c1-8-5-10-11(17-4-3-16-10)6-9(8)19-14-18-7-12-13(20-14)21-15(23)22(12)2;1-7-5-3-2-4-6-7/h3-7H,1-2H3,(H2,18,19,20,21,23);7H,2-6H2,1H3. The number of imidazole rings is 1. The third-order valence-corrected chi connectivity index (χ3v) is 5.62. The van der Waals surface area contributed by atoms with Crippen LogP contribution < -0.4 is 11.0 Å². The minimum Gasteiger partial charge on any atom is -0.324 e. The molecule has 0 unspecified atom stereocenters. The summed E-state index contributed by atoms with van der Waals surface area (Å²) in [4.78, 5) is 31.5. The van der Waals surface area contributed by atoms with Crippen LogP contribution in [-0.2, 0) is 7.05 Å². The summed E-state index contributed by atoms with van der Waals surface area (Å²) >= 11 is 0. The van der Waals surface area contributed by atoms with E-state index in [0.717, 1.165) is 28.2 Å². The van der Waals surface area contributed by atoms with Gasteiger partial charge < -0.3 is 5.32 Å². The Morgan fingerprint density at radius 1 is 1.07 bits per heavy atom. The Morgan fingerprint density at radius 3 is 2.43 bits per heavy atom. The van der Waals surface area contributed by atoms with Gasteiger partial charge in [0.2, 0.25) is 5.95 Å². The minimum atomic E-state index is -0.219. The number of benzene rings is 1. The van der Waals surface area contributed by atoms with Crippen molar-refractivity contribution in [3.05, 3.63) is 46.8 Å². The topological polar surface area (TPSA) is 101 Å². The lowest BCUT2D eigenvalue weighted by atomic mass is 9.91. The van der Waals surface area contributed by atoms with Gasteiger partial charge in [-0.2, -0.15) is 4.98 Å². The van der Waals surface area contributed by atoms with E-state index in [1.54, 1.807) is 25.6 Å². The van der Waals surface area contributed by atoms with Crippen molar-refractivity contribution in [3.63, 3.8) is 0 Å². The van der Waals surface area contributed by atoms with Crippen LogP contribution in [0.4, 0.5) is 11.6 Å². The Bertz CT molecular complexity index is 1220. The number of rotatable bonds is 2. The van der Waals surface area contributed by atoms with Crippen molar-refractivity contribution in [1.82, 2.24) is 29.5 Å². The molecule has 2 N–H and O–H groups in total. The van der Waals surface area contributed by atoms with Gasteiger partial charge in [-0.25, -0.2) is 9.78 Å². The fourth-order valence-electron chi connectivity index (χ4n) is 3.74. The molecule has 1 aliphatic rings. The molecule has 3 heterocycles. The second-order valence-corrected chi connectivity index (χ2v) is 8.00. The van der Waals surface area contributed by atoms with Crippen molar-refractivity contribution >= 4 is 33.8 Å². The molecule has 5 rings (SSSR count). The van der Waals surface area contributed by atoms with Crippen molar-refractivity contribution in [3.8, 4) is 0 Å². The van der Waals surface area contributed by atoms with Crippen LogP contribution in [0, 0.1) is 12.8 Å². The lowest BCUT2D eigenvalue weighted by Gasteiger charge is -2.15. The lowest BCUT2D eigenvalue weighted by molar-refractivity contribution is 0.385. The SMILES string of the molecule is CC1CCCCC1.Cc1cc2nccnc2cc1Nc1ncc2c(n1)[nH]c(=O)n2C. The highest BCUT2D eigenvalue weighted by atomic mass is 16.1. The summed E-state index contributed by atoms with van der Waals surface area (Å²) in [6, 6.07) is 3.85. The van der Waals surface area contributed by atoms with E-state index in [4.69, 9.17) is 0 Å². The van der Waals surface area contributed by atoms with E-state index in [0.29, 0.717) is 17.1 Å². The first-order valence-electron chi connectivity index (χ1n) is 10.4. The first-order valence-corrected chi connectivity index (χ1v) is 10.4. The number of nitrogens with zero attached hydrogens (tertiary/aromatic N) is 5. The maximum atomic E-state index is 11.6. The fraction of sp³-hybridized carbons (Fsp3) is 0.409. The summed E-state index contributed by atoms with van der Waals surface area (Å²) in [5.74, 6) is 1.44. The molecule has 3 aromatic heterocycles. The second-order valence-electron chi connectivity index (χ2n) is 8.00. The molecule has 30 heavy (non-hydrogen) atoms. The lowest BCUT2D eigenvalue weighted by Crippen LogP contribution is -2.11. The zero-order valence-corrected chi connectivity index (χ0v) is 17.6. The van der Waals surface area contributed by atoms with Gasteiger partial charge in [-0.15, -0.1) is 0 Å². The summed E-state index contributed by atoms with van der Waals surface area (Å²) in [6.07, 6.45) is 12.4. The van der Waals surface area contributed by atoms with Gasteiger partial charge in [0, 0.05) is 25.1 Å². The predicted molar refractivity (Wildman–Crippen MR) is 119 cm³/mol. The predicted octanol–water partition coefficient (Wildman–Crippen LogP) is 4.24. The van der Waals surface area contributed by atoms with Crippen LogP contribution in [0.1, 0.15) is 44.6 Å². The van der Waals surface area contributed by atoms with Gasteiger partial charge in [0.15, 0.2) is 5.65 Å². The number of hydrogen-bond acceptors (Lipinski definition) is 6. The number of aromatic amines is 1. The quantitative estimate of drug-likeness (QED) is 0.517. The van der Waals surface area contributed by atoms with Crippen molar-refractivity contribution in [1.29, 1.82) is 0 Å². The second kappa shape index (κ2) is 8.61. The molecule has 1 saturated carbocycles. The van der Waals surface area contributed by atoms with Crippen LogP contribution in [0.25, 0.3) is 22.2 Å². The largest absolute Gasteiger partial charge is 0.327 e. The molecule has 0 spiro atoms. The van der Waals surface area contributed by atoms with Crippen molar-refractivity contribution in [2.75, 3.05) is 5.32 Å². The summed E-state index contributed by atoms with van der Waals surface area (Å²) in [5.41, 5.74) is 4.39. The van der Waals surface area contributed by atoms with Crippen LogP contribution in [-0.4, -0.2) is 29.5 Å². The average molecular weight is 406 g/mol. The molecule has 8 heteroatoms. The van der Waals surface area contributed by atoms with E-state index in [1.165, 1.54) is 36.7 Å². The van der Waals surface area contributed by atoms with E-state index in [2.05, 4.69) is 37.2 Å². The fourth-order valence-corrected chi connectivity index (χ4v) is 3.74. The first kappa shape index (κ1) is 20.0. The van der Waals surface area contributed by atoms with Gasteiger partial charge in [-0.1, -0.05) is 39.0 Å². The Morgan fingerprint density at radius 2 is 1.77 bits per heavy atom. The number of H-pyrrole nitrogens is 1. The van der Waals surface area contributed by atoms with Crippen LogP contribution in [0.15, 0.2) is 35.5 Å². The monoisotopic (exact) mass is 405 g/mol. The van der Waals surface area contributed by atoms with E-state index < -0.39 is 0 Å². The number of aryl methyl sites for hydroxylation is 2. The van der Waals surface area contributed by atoms with Crippen molar-refractivity contribution < 1.29 is 0 Å². The summed E-state index contributed by atoms with van der Waals surface area (Å²) in [7, 11) is 1.67. The maximum absolute atomic E-state index is 11.6. The van der Waals surface area contributed by atoms with Gasteiger partial charge in [0.1, 0.15) is 5.52 Å². The maximum Gasteiger partial charge on any atom is 0.327 e. The molecule has 0 amide bonds. The Kier molecular flexibility index (Phi) is 5.74. The molecular formula is C22H27N7O. The zero-order valence-electron chi connectivity index (χ0n) is 17.6. The normalized spacial score (nSPS) is 14.5. The molecule has 0 atom stereocenters. The third-order valence-electron chi connectivity index (χ3n) is 5.62. The molecule has 1 fully saturated rings. The van der Waals surface area contributed by atoms with Gasteiger partial charge in [0.25, 0.3) is 0 Å². The number of hydrogen-bond donors (Lipinski definition) is 2. The number of anilines is 2. The minimum absolute atomic E-state index is 0.219. The summed E-state index contributed by atoms with van der Waals surface area (Å²) in [5, 5.41) is 3.16. The van der Waals surface area contributed by atoms with Crippen LogP contribution in [0.3, 0.4) is 0 Å². The number of nitrogens with one attached hydrogen (secondary N) is 2. The average Bonchev–Trinajstić information content (AvgIpc) is 3.03. The Labute approximate surface area is 174 Å². The molecule has 0 radical (unpaired) electrons. The van der Waals surface area contributed by atoms with Gasteiger partial charge in [-0.05, 0) is 30.5 Å². The van der Waals surface area contributed by atoms with Gasteiger partial charge in [-0.3, -0.25) is 19.5 Å².